The number of hydrogen-bond donors (Lipinski definition) is 4. The van der Waals surface area contributed by atoms with E-state index in [0.29, 0.717) is 31.7 Å². The van der Waals surface area contributed by atoms with Gasteiger partial charge in [0.2, 0.25) is 0 Å². The maximum absolute atomic E-state index is 10.5. The number of hydrogen-bond acceptors (Lipinski definition) is 8. The molecule has 0 aromatic carbocycles. The lowest BCUT2D eigenvalue weighted by Gasteiger charge is -2.40. The van der Waals surface area contributed by atoms with Gasteiger partial charge in [0.15, 0.2) is 6.29 Å². The summed E-state index contributed by atoms with van der Waals surface area (Å²) in [6.07, 6.45) is 18.9. The second-order valence-electron chi connectivity index (χ2n) is 20.2. The molecular formula is C49H98O8. The summed E-state index contributed by atoms with van der Waals surface area (Å²) in [4.78, 5) is 0. The molecule has 1 heterocycles. The Morgan fingerprint density at radius 3 is 1.19 bits per heavy atom. The van der Waals surface area contributed by atoms with Gasteiger partial charge in [-0.1, -0.05) is 185 Å². The first-order valence-corrected chi connectivity index (χ1v) is 24.2. The lowest BCUT2D eigenvalue weighted by Crippen LogP contribution is -2.59. The monoisotopic (exact) mass is 815 g/mol. The zero-order valence-corrected chi connectivity index (χ0v) is 39.2. The van der Waals surface area contributed by atoms with Gasteiger partial charge >= 0.3 is 0 Å². The Labute approximate surface area is 353 Å². The SMILES string of the molecule is CC(C)CCCC(C)CCCC(C)CCCC(C)CCOCC(COC1O[C@H](CO)[C@@H](O)[C@H](O)[C@H]1O)OCCC(C)CCCC(C)CCCC(C)CCCC(C)C. The zero-order chi connectivity index (χ0) is 42.6. The van der Waals surface area contributed by atoms with E-state index >= 15 is 0 Å². The van der Waals surface area contributed by atoms with Crippen LogP contribution in [0.5, 0.6) is 0 Å². The second kappa shape index (κ2) is 33.3. The van der Waals surface area contributed by atoms with Crippen molar-refractivity contribution in [1.29, 1.82) is 0 Å². The molecule has 4 N–H and O–H groups in total. The van der Waals surface area contributed by atoms with Gasteiger partial charge in [0.05, 0.1) is 19.8 Å². The molecule has 0 saturated carbocycles. The molecule has 0 radical (unpaired) electrons. The molecular weight excluding hydrogens is 717 g/mol. The lowest BCUT2D eigenvalue weighted by atomic mass is 9.91. The van der Waals surface area contributed by atoms with E-state index in [0.717, 1.165) is 48.3 Å². The standard InChI is InChI=1S/C49H98O8/c1-36(2)17-11-19-38(5)21-13-23-40(7)25-15-27-42(9)29-31-54-34-44(35-56-49-48(53)47(52)46(51)45(33-50)57-49)55-32-30-43(10)28-16-26-41(8)24-14-22-39(6)20-12-18-37(3)4/h36-53H,11-35H2,1-10H3/t38?,39?,40?,41?,42?,43?,44?,45-,46-,47+,48-,49?/m1/s1. The Morgan fingerprint density at radius 1 is 0.439 bits per heavy atom. The normalized spacial score (nSPS) is 24.1. The molecule has 0 spiro atoms. The molecule has 8 unspecified atom stereocenters. The summed E-state index contributed by atoms with van der Waals surface area (Å²) in [6, 6.07) is 0. The summed E-state index contributed by atoms with van der Waals surface area (Å²) in [6.45, 7) is 24.8. The molecule has 0 aliphatic carbocycles. The zero-order valence-electron chi connectivity index (χ0n) is 39.2. The van der Waals surface area contributed by atoms with Crippen LogP contribution in [0.2, 0.25) is 0 Å². The van der Waals surface area contributed by atoms with Crippen molar-refractivity contribution in [2.24, 2.45) is 47.3 Å². The van der Waals surface area contributed by atoms with E-state index in [1.54, 1.807) is 0 Å². The van der Waals surface area contributed by atoms with Gasteiger partial charge < -0.3 is 39.4 Å². The fraction of sp³-hybridized carbons (Fsp3) is 1.00. The molecule has 57 heavy (non-hydrogen) atoms. The van der Waals surface area contributed by atoms with Gasteiger partial charge in [-0.2, -0.15) is 0 Å². The van der Waals surface area contributed by atoms with Crippen LogP contribution in [0.4, 0.5) is 0 Å². The van der Waals surface area contributed by atoms with Gasteiger partial charge in [0.25, 0.3) is 0 Å². The molecule has 1 aliphatic rings. The van der Waals surface area contributed by atoms with Gasteiger partial charge in [-0.15, -0.1) is 0 Å². The van der Waals surface area contributed by atoms with E-state index < -0.39 is 37.3 Å². The summed E-state index contributed by atoms with van der Waals surface area (Å²) < 4.78 is 23.9. The quantitative estimate of drug-likeness (QED) is 0.0458. The van der Waals surface area contributed by atoms with Crippen LogP contribution in [0, 0.1) is 47.3 Å². The summed E-state index contributed by atoms with van der Waals surface area (Å²) in [7, 11) is 0. The summed E-state index contributed by atoms with van der Waals surface area (Å²) in [5, 5.41) is 40.5. The number of aliphatic hydroxyl groups is 4. The Bertz CT molecular complexity index is 901. The first kappa shape index (κ1) is 54.7. The largest absolute Gasteiger partial charge is 0.394 e. The number of ether oxygens (including phenoxy) is 4. The average molecular weight is 815 g/mol. The van der Waals surface area contributed by atoms with E-state index in [1.807, 2.05) is 0 Å². The summed E-state index contributed by atoms with van der Waals surface area (Å²) in [5.74, 6) is 6.04. The Kier molecular flexibility index (Phi) is 32.0. The van der Waals surface area contributed by atoms with Crippen LogP contribution < -0.4 is 0 Å². The van der Waals surface area contributed by atoms with Crippen LogP contribution >= 0.6 is 0 Å². The van der Waals surface area contributed by atoms with Crippen LogP contribution in [-0.4, -0.2) is 90.3 Å². The average Bonchev–Trinajstić information content (AvgIpc) is 3.14. The van der Waals surface area contributed by atoms with Gasteiger partial charge in [-0.25, -0.2) is 0 Å². The highest BCUT2D eigenvalue weighted by atomic mass is 16.7. The van der Waals surface area contributed by atoms with Crippen molar-refractivity contribution in [3.05, 3.63) is 0 Å². The maximum Gasteiger partial charge on any atom is 0.186 e. The maximum atomic E-state index is 10.5. The van der Waals surface area contributed by atoms with Gasteiger partial charge in [-0.05, 0) is 60.2 Å². The molecule has 1 rings (SSSR count). The molecule has 342 valence electrons. The Hall–Kier alpha value is -0.320. The second-order valence-corrected chi connectivity index (χ2v) is 20.2. The van der Waals surface area contributed by atoms with Crippen molar-refractivity contribution >= 4 is 0 Å². The van der Waals surface area contributed by atoms with E-state index in [2.05, 4.69) is 69.2 Å². The molecule has 1 aliphatic heterocycles. The van der Waals surface area contributed by atoms with Crippen molar-refractivity contribution in [2.75, 3.05) is 33.0 Å². The minimum Gasteiger partial charge on any atom is -0.394 e. The third kappa shape index (κ3) is 28.0. The van der Waals surface area contributed by atoms with Crippen molar-refractivity contribution in [1.82, 2.24) is 0 Å². The minimum absolute atomic E-state index is 0.106. The molecule has 12 atom stereocenters. The van der Waals surface area contributed by atoms with Gasteiger partial charge in [0, 0.05) is 13.2 Å². The smallest absolute Gasteiger partial charge is 0.186 e. The molecule has 0 amide bonds. The molecule has 0 aromatic heterocycles. The van der Waals surface area contributed by atoms with Crippen LogP contribution in [0.15, 0.2) is 0 Å². The highest BCUT2D eigenvalue weighted by Crippen LogP contribution is 2.26. The van der Waals surface area contributed by atoms with E-state index in [-0.39, 0.29) is 12.7 Å². The van der Waals surface area contributed by atoms with Crippen LogP contribution in [0.25, 0.3) is 0 Å². The van der Waals surface area contributed by atoms with Crippen molar-refractivity contribution in [2.45, 2.75) is 234 Å². The molecule has 0 aromatic rings. The number of rotatable bonds is 37. The minimum atomic E-state index is -1.47. The highest BCUT2D eigenvalue weighted by Gasteiger charge is 2.44. The predicted molar refractivity (Wildman–Crippen MR) is 237 cm³/mol. The van der Waals surface area contributed by atoms with Crippen LogP contribution in [-0.2, 0) is 18.9 Å². The Balaban J connectivity index is 2.43. The molecule has 8 heteroatoms. The predicted octanol–water partition coefficient (Wildman–Crippen LogP) is 11.1. The van der Waals surface area contributed by atoms with E-state index in [9.17, 15) is 20.4 Å². The van der Waals surface area contributed by atoms with Gasteiger partial charge in [0.1, 0.15) is 30.5 Å². The van der Waals surface area contributed by atoms with Crippen molar-refractivity contribution in [3.8, 4) is 0 Å². The van der Waals surface area contributed by atoms with Crippen molar-refractivity contribution < 1.29 is 39.4 Å². The fourth-order valence-electron chi connectivity index (χ4n) is 8.36. The summed E-state index contributed by atoms with van der Waals surface area (Å²) >= 11 is 0. The number of aliphatic hydroxyl groups excluding tert-OH is 4. The van der Waals surface area contributed by atoms with Crippen LogP contribution in [0.1, 0.15) is 198 Å². The molecule has 0 bridgehead atoms. The Morgan fingerprint density at radius 2 is 0.807 bits per heavy atom. The first-order chi connectivity index (χ1) is 27.1. The van der Waals surface area contributed by atoms with Crippen molar-refractivity contribution in [3.63, 3.8) is 0 Å². The summed E-state index contributed by atoms with van der Waals surface area (Å²) in [5.41, 5.74) is 0. The molecule has 1 fully saturated rings. The first-order valence-electron chi connectivity index (χ1n) is 24.2. The highest BCUT2D eigenvalue weighted by molar-refractivity contribution is 4.89. The van der Waals surface area contributed by atoms with Crippen LogP contribution in [0.3, 0.4) is 0 Å². The third-order valence-corrected chi connectivity index (χ3v) is 12.8. The molecule has 8 nitrogen and oxygen atoms in total. The van der Waals surface area contributed by atoms with E-state index in [1.165, 1.54) is 116 Å². The van der Waals surface area contributed by atoms with E-state index in [4.69, 9.17) is 18.9 Å². The third-order valence-electron chi connectivity index (χ3n) is 12.8. The lowest BCUT2D eigenvalue weighted by molar-refractivity contribution is -0.306. The fourth-order valence-corrected chi connectivity index (χ4v) is 8.36. The topological polar surface area (TPSA) is 118 Å². The molecule has 1 saturated heterocycles. The van der Waals surface area contributed by atoms with Gasteiger partial charge in [-0.3, -0.25) is 0 Å².